The Morgan fingerprint density at radius 1 is 0.896 bits per heavy atom. The second-order valence-corrected chi connectivity index (χ2v) is 17.3. The molecule has 4 aromatic rings. The Hall–Kier alpha value is -5.55. The zero-order valence-electron chi connectivity index (χ0n) is 28.2. The molecule has 0 unspecified atom stereocenters. The van der Waals surface area contributed by atoms with Crippen LogP contribution in [0.5, 0.6) is 0 Å². The van der Waals surface area contributed by atoms with E-state index in [-0.39, 0.29) is 18.0 Å². The summed E-state index contributed by atoms with van der Waals surface area (Å²) in [4.78, 5) is 28.4. The van der Waals surface area contributed by atoms with Crippen molar-refractivity contribution >= 4 is 42.1 Å². The summed E-state index contributed by atoms with van der Waals surface area (Å²) in [5.74, 6) is -0.430. The molecule has 2 heterocycles. The highest BCUT2D eigenvalue weighted by Gasteiger charge is 2.41. The van der Waals surface area contributed by atoms with Gasteiger partial charge in [0.25, 0.3) is 5.91 Å². The minimum absolute atomic E-state index is 0.145. The van der Waals surface area contributed by atoms with Gasteiger partial charge in [-0.3, -0.25) is 4.79 Å². The van der Waals surface area contributed by atoms with Crippen LogP contribution in [-0.2, 0) is 6.54 Å². The normalized spacial score (nSPS) is 14.6. The van der Waals surface area contributed by atoms with Crippen molar-refractivity contribution in [2.24, 2.45) is 0 Å². The number of carboxylic acid groups (broad SMARTS) is 1. The molecule has 0 spiro atoms. The number of aromatic carboxylic acids is 1. The number of aryl methyl sites for hydroxylation is 1. The third-order valence-electron chi connectivity index (χ3n) is 8.95. The Balaban J connectivity index is 1.40. The number of benzene rings is 3. The van der Waals surface area contributed by atoms with Gasteiger partial charge in [0, 0.05) is 49.6 Å². The van der Waals surface area contributed by atoms with Crippen LogP contribution in [0.4, 0.5) is 5.69 Å². The maximum Gasteiger partial charge on any atom is 0.336 e. The van der Waals surface area contributed by atoms with Crippen LogP contribution in [0.15, 0.2) is 89.7 Å². The summed E-state index contributed by atoms with van der Waals surface area (Å²) in [6.07, 6.45) is 6.42. The van der Waals surface area contributed by atoms with Gasteiger partial charge in [-0.1, -0.05) is 43.4 Å². The van der Waals surface area contributed by atoms with E-state index in [0.717, 1.165) is 39.2 Å². The topological polar surface area (TPSA) is 124 Å². The molecule has 3 aromatic carbocycles. The lowest BCUT2D eigenvalue weighted by Gasteiger charge is -2.38. The largest absolute Gasteiger partial charge is 0.478 e. The second-order valence-electron chi connectivity index (χ2n) is 13.0. The molecule has 48 heavy (non-hydrogen) atoms. The second kappa shape index (κ2) is 12.6. The fraction of sp³-hybridized carbons (Fsp3) is 0.216. The van der Waals surface area contributed by atoms with Gasteiger partial charge < -0.3 is 15.3 Å². The summed E-state index contributed by atoms with van der Waals surface area (Å²) in [6, 6.07) is 18.8. The number of hydrogen-bond donors (Lipinski definition) is 2. The summed E-state index contributed by atoms with van der Waals surface area (Å²) < 4.78 is 2.09. The van der Waals surface area contributed by atoms with Gasteiger partial charge in [-0.25, -0.2) is 9.37 Å². The lowest BCUT2D eigenvalue weighted by Crippen LogP contribution is -2.49. The van der Waals surface area contributed by atoms with Gasteiger partial charge in [0.2, 0.25) is 5.82 Å². The molecular weight excluding hydrogens is 619 g/mol. The number of aromatic nitrogens is 4. The van der Waals surface area contributed by atoms with Gasteiger partial charge in [0.1, 0.15) is 22.2 Å². The zero-order valence-corrected chi connectivity index (χ0v) is 29.2. The molecule has 1 aliphatic heterocycles. The molecule has 1 aliphatic carbocycles. The van der Waals surface area contributed by atoms with Gasteiger partial charge in [-0.2, -0.15) is 0 Å². The average molecular weight is 657 g/mol. The van der Waals surface area contributed by atoms with Gasteiger partial charge in [0.15, 0.2) is 11.5 Å². The highest BCUT2D eigenvalue weighted by atomic mass is 28.3. The van der Waals surface area contributed by atoms with Crippen LogP contribution >= 0.6 is 0 Å². The molecule has 0 saturated carbocycles. The maximum atomic E-state index is 13.6. The minimum atomic E-state index is -2.24. The van der Waals surface area contributed by atoms with E-state index in [1.807, 2.05) is 52.5 Å². The summed E-state index contributed by atoms with van der Waals surface area (Å²) in [5, 5.41) is 31.9. The first-order valence-corrected chi connectivity index (χ1v) is 18.7. The maximum absolute atomic E-state index is 13.6. The van der Waals surface area contributed by atoms with Gasteiger partial charge >= 0.3 is 5.97 Å². The molecule has 1 amide bonds. The molecule has 0 bridgehead atoms. The number of allylic oxidation sites excluding steroid dienone is 5. The number of carboxylic acids is 1. The molecule has 0 fully saturated rings. The Kier molecular flexibility index (Phi) is 8.48. The molecule has 11 heteroatoms. The molecule has 2 N–H and O–H groups in total. The molecule has 6 rings (SSSR count). The van der Waals surface area contributed by atoms with Gasteiger partial charge in [-0.15, -0.1) is 20.4 Å². The summed E-state index contributed by atoms with van der Waals surface area (Å²) in [5.41, 5.74) is 7.69. The number of amides is 1. The van der Waals surface area contributed by atoms with E-state index in [1.54, 1.807) is 19.1 Å². The molecule has 242 valence electrons. The Morgan fingerprint density at radius 3 is 2.25 bits per heavy atom. The molecule has 0 saturated heterocycles. The van der Waals surface area contributed by atoms with Crippen molar-refractivity contribution in [2.45, 2.75) is 26.6 Å². The van der Waals surface area contributed by atoms with Crippen LogP contribution in [0.1, 0.15) is 43.2 Å². The number of hydrogen-bond acceptors (Lipinski definition) is 7. The number of carbonyl (C=O) groups is 2. The third kappa shape index (κ3) is 6.00. The molecule has 1 aromatic heterocycles. The minimum Gasteiger partial charge on any atom is -0.478 e. The van der Waals surface area contributed by atoms with E-state index in [4.69, 9.17) is 0 Å². The summed E-state index contributed by atoms with van der Waals surface area (Å²) in [6.45, 7) is 6.69. The predicted molar refractivity (Wildman–Crippen MR) is 191 cm³/mol. The van der Waals surface area contributed by atoms with Gasteiger partial charge in [-0.05, 0) is 81.6 Å². The van der Waals surface area contributed by atoms with Crippen molar-refractivity contribution in [2.75, 3.05) is 33.1 Å². The Morgan fingerprint density at radius 2 is 1.60 bits per heavy atom. The van der Waals surface area contributed by atoms with E-state index in [2.05, 4.69) is 84.7 Å². The Bertz CT molecular complexity index is 2090. The van der Waals surface area contributed by atoms with Crippen LogP contribution in [0, 0.1) is 6.92 Å². The molecular formula is C37H38N7O3Si+. The number of carbonyl (C=O) groups excluding carboxylic acids is 1. The van der Waals surface area contributed by atoms with Crippen molar-refractivity contribution < 1.29 is 19.3 Å². The van der Waals surface area contributed by atoms with Crippen molar-refractivity contribution in [1.82, 2.24) is 25.7 Å². The van der Waals surface area contributed by atoms with E-state index < -0.39 is 14.0 Å². The lowest BCUT2D eigenvalue weighted by molar-refractivity contribution is -0.462. The van der Waals surface area contributed by atoms with Crippen molar-refractivity contribution in [1.29, 1.82) is 0 Å². The first-order valence-electron chi connectivity index (χ1n) is 15.7. The number of fused-ring (bicyclic) bond motifs is 2. The molecule has 2 aliphatic rings. The first kappa shape index (κ1) is 32.4. The van der Waals surface area contributed by atoms with Crippen molar-refractivity contribution in [3.8, 4) is 11.4 Å². The predicted octanol–water partition coefficient (Wildman–Crippen LogP) is 4.42. The molecule has 0 atom stereocenters. The summed E-state index contributed by atoms with van der Waals surface area (Å²) in [7, 11) is 5.85. The average Bonchev–Trinajstić information content (AvgIpc) is 3.07. The number of anilines is 1. The molecule has 10 nitrogen and oxygen atoms in total. The van der Waals surface area contributed by atoms with E-state index >= 15 is 0 Å². The van der Waals surface area contributed by atoms with Crippen LogP contribution in [-0.4, -0.2) is 83.9 Å². The number of nitrogens with one attached hydrogen (secondary N) is 1. The van der Waals surface area contributed by atoms with E-state index in [9.17, 15) is 14.7 Å². The Labute approximate surface area is 280 Å². The van der Waals surface area contributed by atoms with Crippen LogP contribution < -0.4 is 15.4 Å². The molecule has 0 radical (unpaired) electrons. The highest BCUT2D eigenvalue weighted by Crippen LogP contribution is 2.43. The van der Waals surface area contributed by atoms with Crippen molar-refractivity contribution in [3.05, 3.63) is 123 Å². The standard InChI is InChI=1S/C37H37N7O3Si/c1-22-39-41-35(42-40-22)24-10-8-23(9-11-24)21-38-36(45)25-12-15-28(37(46)47)31(18-25)34-29-16-13-26(43(2)3)19-32(29)48(6,7)33-20-27(44(4)5)14-17-30(33)34/h8-20H,21H2,1-7H3,(H-,38,45,46,47)/p+1. The fourth-order valence-corrected chi connectivity index (χ4v) is 9.27. The number of nitrogens with zero attached hydrogens (tertiary/aromatic N) is 6. The van der Waals surface area contributed by atoms with Gasteiger partial charge in [0.05, 0.1) is 5.56 Å². The smallest absolute Gasteiger partial charge is 0.336 e. The first-order chi connectivity index (χ1) is 22.8. The van der Waals surface area contributed by atoms with Crippen LogP contribution in [0.2, 0.25) is 13.1 Å². The third-order valence-corrected chi connectivity index (χ3v) is 12.5. The monoisotopic (exact) mass is 656 g/mol. The van der Waals surface area contributed by atoms with Crippen molar-refractivity contribution in [3.63, 3.8) is 0 Å². The summed E-state index contributed by atoms with van der Waals surface area (Å²) >= 11 is 0. The quantitative estimate of drug-likeness (QED) is 0.222. The van der Waals surface area contributed by atoms with E-state index in [1.165, 1.54) is 16.4 Å². The zero-order chi connectivity index (χ0) is 34.3. The fourth-order valence-electron chi connectivity index (χ4n) is 6.20. The lowest BCUT2D eigenvalue weighted by atomic mass is 9.86. The number of rotatable bonds is 7. The van der Waals surface area contributed by atoms with Crippen LogP contribution in [0.3, 0.4) is 0 Å². The van der Waals surface area contributed by atoms with E-state index in [0.29, 0.717) is 22.8 Å². The highest BCUT2D eigenvalue weighted by molar-refractivity contribution is 6.98. The SMILES string of the molecule is Cc1nnc(-c2ccc(CNC(=O)c3ccc(C(=O)O)c(C4=C5C=CC(=[N+](C)C)C=C5[Si](C)(C)c5cc(N(C)C)ccc54)c3)cc2)nn1. The van der Waals surface area contributed by atoms with Crippen LogP contribution in [0.25, 0.3) is 17.0 Å².